The second-order valence-corrected chi connectivity index (χ2v) is 11.5. The largest absolute Gasteiger partial charge is 0.324 e. The zero-order valence-electron chi connectivity index (χ0n) is 19.7. The number of hydrogen-bond donors (Lipinski definition) is 2. The predicted octanol–water partition coefficient (Wildman–Crippen LogP) is 5.50. The number of allylic oxidation sites excluding steroid dienone is 1. The summed E-state index contributed by atoms with van der Waals surface area (Å²) in [7, 11) is -2.34. The lowest BCUT2D eigenvalue weighted by molar-refractivity contribution is 0.588. The molecule has 1 aliphatic rings. The number of benzene rings is 2. The third-order valence-corrected chi connectivity index (χ3v) is 6.59. The minimum Gasteiger partial charge on any atom is -0.324 e. The molecule has 7 nitrogen and oxygen atoms in total. The molecule has 2 aromatic carbocycles. The van der Waals surface area contributed by atoms with Crippen LogP contribution in [-0.2, 0) is 4.57 Å². The molecule has 0 aliphatic carbocycles. The van der Waals surface area contributed by atoms with Crippen LogP contribution in [-0.4, -0.2) is 40.7 Å². The average Bonchev–Trinajstić information content (AvgIpc) is 3.24. The number of halogens is 1. The van der Waals surface area contributed by atoms with Gasteiger partial charge in [-0.3, -0.25) is 4.99 Å². The third kappa shape index (κ3) is 6.80. The Hall–Kier alpha value is -3.90. The molecule has 0 saturated heterocycles. The number of aliphatic imine (C=N–C) groups is 1. The Kier molecular flexibility index (Phi) is 7.32. The minimum absolute atomic E-state index is 0.317. The van der Waals surface area contributed by atoms with E-state index in [2.05, 4.69) is 30.6 Å². The van der Waals surface area contributed by atoms with Gasteiger partial charge in [-0.25, -0.2) is 4.39 Å². The molecular weight excluding hydrogens is 462 g/mol. The molecule has 9 heteroatoms. The van der Waals surface area contributed by atoms with Crippen LogP contribution in [0.4, 0.5) is 22.0 Å². The molecule has 4 rings (SSSR count). The Bertz CT molecular complexity index is 1390. The quantitative estimate of drug-likeness (QED) is 0.427. The normalized spacial score (nSPS) is 13.8. The van der Waals surface area contributed by atoms with E-state index in [9.17, 15) is 8.96 Å². The van der Waals surface area contributed by atoms with Crippen molar-refractivity contribution >= 4 is 48.0 Å². The maximum absolute atomic E-state index is 13.5. The molecule has 0 unspecified atom stereocenters. The fourth-order valence-corrected chi connectivity index (χ4v) is 4.21. The Labute approximate surface area is 204 Å². The molecule has 1 aromatic heterocycles. The highest BCUT2D eigenvalue weighted by Gasteiger charge is 2.12. The summed E-state index contributed by atoms with van der Waals surface area (Å²) >= 11 is 0. The summed E-state index contributed by atoms with van der Waals surface area (Å²) in [5, 5.41) is 7.11. The molecule has 0 spiro atoms. The van der Waals surface area contributed by atoms with Crippen molar-refractivity contribution in [1.82, 2.24) is 15.0 Å². The van der Waals surface area contributed by atoms with Gasteiger partial charge in [0, 0.05) is 11.0 Å². The maximum atomic E-state index is 13.5. The summed E-state index contributed by atoms with van der Waals surface area (Å²) < 4.78 is 25.8. The van der Waals surface area contributed by atoms with Crippen molar-refractivity contribution in [3.63, 3.8) is 0 Å². The molecule has 0 amide bonds. The Morgan fingerprint density at radius 3 is 2.37 bits per heavy atom. The van der Waals surface area contributed by atoms with Gasteiger partial charge in [0.2, 0.25) is 11.9 Å². The molecule has 2 heterocycles. The van der Waals surface area contributed by atoms with Crippen LogP contribution in [0.5, 0.6) is 0 Å². The molecule has 3 aromatic rings. The molecule has 35 heavy (non-hydrogen) atoms. The van der Waals surface area contributed by atoms with E-state index in [1.807, 2.05) is 49.4 Å². The first-order chi connectivity index (χ1) is 16.8. The van der Waals surface area contributed by atoms with E-state index in [0.717, 1.165) is 16.6 Å². The van der Waals surface area contributed by atoms with Gasteiger partial charge < -0.3 is 15.2 Å². The van der Waals surface area contributed by atoms with Crippen LogP contribution >= 0.6 is 7.14 Å². The summed E-state index contributed by atoms with van der Waals surface area (Å²) in [5.74, 6) is 1.36. The van der Waals surface area contributed by atoms with E-state index in [0.29, 0.717) is 35.7 Å². The van der Waals surface area contributed by atoms with Crippen LogP contribution in [0.1, 0.15) is 18.3 Å². The van der Waals surface area contributed by atoms with Crippen molar-refractivity contribution in [2.45, 2.75) is 6.92 Å². The highest BCUT2D eigenvalue weighted by Crippen LogP contribution is 2.34. The number of hydrogen-bond acceptors (Lipinski definition) is 7. The summed E-state index contributed by atoms with van der Waals surface area (Å²) in [5.41, 5.74) is 2.51. The predicted molar refractivity (Wildman–Crippen MR) is 143 cm³/mol. The Balaban J connectivity index is 1.62. The van der Waals surface area contributed by atoms with Crippen LogP contribution < -0.4 is 15.9 Å². The van der Waals surface area contributed by atoms with E-state index < -0.39 is 7.14 Å². The van der Waals surface area contributed by atoms with Crippen molar-refractivity contribution in [3.05, 3.63) is 89.5 Å². The minimum atomic E-state index is -2.34. The molecule has 178 valence electrons. The average molecular weight is 489 g/mol. The maximum Gasteiger partial charge on any atom is 0.233 e. The van der Waals surface area contributed by atoms with Gasteiger partial charge in [0.25, 0.3) is 0 Å². The molecule has 0 radical (unpaired) electrons. The van der Waals surface area contributed by atoms with Gasteiger partial charge in [0.1, 0.15) is 18.8 Å². The number of aromatic nitrogens is 3. The Morgan fingerprint density at radius 1 is 0.943 bits per heavy atom. The Morgan fingerprint density at radius 2 is 1.69 bits per heavy atom. The van der Waals surface area contributed by atoms with Crippen LogP contribution in [0.25, 0.3) is 12.2 Å². The molecule has 0 atom stereocenters. The smallest absolute Gasteiger partial charge is 0.233 e. The molecule has 0 saturated carbocycles. The number of anilines is 3. The van der Waals surface area contributed by atoms with Crippen molar-refractivity contribution in [2.75, 3.05) is 30.5 Å². The standard InChI is InChI=1S/C26H26FN6OP/c1-4-6-19-16-24(28-17-19)32-26-31-23(14-9-18-7-5-8-20(27)15-18)30-25(33-26)29-21-10-12-22(13-11-21)35(2,3)34/h4-16H,17H2,1-3H3,(H2,28,29,30,31,32,33)/b6-4+,14-9+. The van der Waals surface area contributed by atoms with Crippen LogP contribution in [0.15, 0.2) is 77.3 Å². The first-order valence-electron chi connectivity index (χ1n) is 11.1. The third-order valence-electron chi connectivity index (χ3n) is 5.05. The lowest BCUT2D eigenvalue weighted by atomic mass is 10.2. The zero-order chi connectivity index (χ0) is 24.8. The van der Waals surface area contributed by atoms with E-state index in [4.69, 9.17) is 0 Å². The highest BCUT2D eigenvalue weighted by molar-refractivity contribution is 7.70. The van der Waals surface area contributed by atoms with Gasteiger partial charge in [-0.2, -0.15) is 15.0 Å². The summed E-state index contributed by atoms with van der Waals surface area (Å²) in [4.78, 5) is 17.9. The number of rotatable bonds is 7. The van der Waals surface area contributed by atoms with Gasteiger partial charge in [0.05, 0.1) is 6.54 Å². The number of nitrogens with one attached hydrogen (secondary N) is 2. The van der Waals surface area contributed by atoms with Crippen molar-refractivity contribution in [2.24, 2.45) is 4.99 Å². The van der Waals surface area contributed by atoms with E-state index in [1.54, 1.807) is 37.6 Å². The summed E-state index contributed by atoms with van der Waals surface area (Å²) in [6, 6.07) is 13.6. The van der Waals surface area contributed by atoms with Crippen molar-refractivity contribution in [3.8, 4) is 0 Å². The summed E-state index contributed by atoms with van der Waals surface area (Å²) in [6.07, 6.45) is 9.33. The zero-order valence-corrected chi connectivity index (χ0v) is 20.6. The second kappa shape index (κ2) is 10.6. The topological polar surface area (TPSA) is 92.2 Å². The molecule has 0 bridgehead atoms. The van der Waals surface area contributed by atoms with Crippen LogP contribution in [0.2, 0.25) is 0 Å². The number of nitrogens with zero attached hydrogens (tertiary/aromatic N) is 4. The van der Waals surface area contributed by atoms with Gasteiger partial charge >= 0.3 is 0 Å². The fourth-order valence-electron chi connectivity index (χ4n) is 3.34. The van der Waals surface area contributed by atoms with Gasteiger partial charge in [-0.15, -0.1) is 0 Å². The highest BCUT2D eigenvalue weighted by atomic mass is 31.2. The van der Waals surface area contributed by atoms with Crippen molar-refractivity contribution in [1.29, 1.82) is 0 Å². The first-order valence-corrected chi connectivity index (χ1v) is 13.7. The van der Waals surface area contributed by atoms with Crippen molar-refractivity contribution < 1.29 is 8.96 Å². The SMILES string of the molecule is C/C=C/C1=CC(Nc2nc(/C=C/c3cccc(F)c3)nc(Nc3ccc(P(C)(C)=O)cc3)n2)=NC1. The van der Waals surface area contributed by atoms with Gasteiger partial charge in [-0.1, -0.05) is 30.4 Å². The molecular formula is C26H26FN6OP. The number of amidine groups is 1. The lowest BCUT2D eigenvalue weighted by Gasteiger charge is -2.10. The lowest BCUT2D eigenvalue weighted by Crippen LogP contribution is -2.13. The summed E-state index contributed by atoms with van der Waals surface area (Å²) in [6.45, 7) is 6.01. The second-order valence-electron chi connectivity index (χ2n) is 8.30. The molecule has 0 fully saturated rings. The van der Waals surface area contributed by atoms with Crippen LogP contribution in [0, 0.1) is 5.82 Å². The molecule has 2 N–H and O–H groups in total. The van der Waals surface area contributed by atoms with Gasteiger partial charge in [-0.05, 0) is 79.9 Å². The van der Waals surface area contributed by atoms with Crippen LogP contribution in [0.3, 0.4) is 0 Å². The van der Waals surface area contributed by atoms with E-state index >= 15 is 0 Å². The van der Waals surface area contributed by atoms with Gasteiger partial charge in [0.15, 0.2) is 5.82 Å². The first kappa shape index (κ1) is 24.2. The monoisotopic (exact) mass is 488 g/mol. The molecule has 1 aliphatic heterocycles. The fraction of sp³-hybridized carbons (Fsp3) is 0.154. The van der Waals surface area contributed by atoms with E-state index in [1.165, 1.54) is 12.1 Å². The van der Waals surface area contributed by atoms with E-state index in [-0.39, 0.29) is 5.82 Å².